The van der Waals surface area contributed by atoms with Crippen LogP contribution in [-0.4, -0.2) is 27.5 Å². The maximum absolute atomic E-state index is 13.7. The van der Waals surface area contributed by atoms with Crippen molar-refractivity contribution in [3.05, 3.63) is 77.6 Å². The van der Waals surface area contributed by atoms with Gasteiger partial charge in [0.1, 0.15) is 18.2 Å². The number of ether oxygens (including phenoxy) is 3. The molecule has 0 amide bonds. The zero-order valence-electron chi connectivity index (χ0n) is 16.6. The van der Waals surface area contributed by atoms with Crippen LogP contribution in [-0.2, 0) is 6.61 Å². The number of hydrogen-bond donors (Lipinski definition) is 0. The van der Waals surface area contributed by atoms with Gasteiger partial charge in [-0.2, -0.15) is 0 Å². The monoisotopic (exact) mass is 411 g/mol. The zero-order valence-corrected chi connectivity index (χ0v) is 17.6. The first-order chi connectivity index (χ1) is 14.1. The SMILES string of the molecule is CN=Cc1cc(F)ccc1Pc1cc(OC)cc(OC)c1OCc1ccccc1. The summed E-state index contributed by atoms with van der Waals surface area (Å²) in [5.74, 6) is 1.62. The van der Waals surface area contributed by atoms with E-state index in [2.05, 4.69) is 4.99 Å². The molecule has 0 spiro atoms. The van der Waals surface area contributed by atoms with Crippen LogP contribution in [0.15, 0.2) is 65.7 Å². The summed E-state index contributed by atoms with van der Waals surface area (Å²) >= 11 is 0. The fraction of sp³-hybridized carbons (Fsp3) is 0.174. The third-order valence-corrected chi connectivity index (χ3v) is 5.63. The molecule has 3 aromatic carbocycles. The van der Waals surface area contributed by atoms with E-state index in [1.165, 1.54) is 12.1 Å². The summed E-state index contributed by atoms with van der Waals surface area (Å²) in [5.41, 5.74) is 1.79. The van der Waals surface area contributed by atoms with Gasteiger partial charge in [0.05, 0.1) is 14.2 Å². The van der Waals surface area contributed by atoms with Crippen molar-refractivity contribution in [2.45, 2.75) is 6.61 Å². The van der Waals surface area contributed by atoms with Crippen LogP contribution in [0, 0.1) is 5.82 Å². The Hall–Kier alpha value is -2.91. The van der Waals surface area contributed by atoms with Gasteiger partial charge >= 0.3 is 0 Å². The second-order valence-electron chi connectivity index (χ2n) is 6.22. The maximum atomic E-state index is 13.7. The van der Waals surface area contributed by atoms with Crippen LogP contribution in [0.3, 0.4) is 0 Å². The van der Waals surface area contributed by atoms with Crippen LogP contribution in [0.1, 0.15) is 11.1 Å². The molecule has 6 heteroatoms. The molecule has 0 saturated heterocycles. The minimum atomic E-state index is -0.294. The van der Waals surface area contributed by atoms with E-state index < -0.39 is 0 Å². The highest BCUT2D eigenvalue weighted by atomic mass is 31.1. The normalized spacial score (nSPS) is 11.3. The predicted octanol–water partition coefficient (Wildman–Crippen LogP) is 4.10. The smallest absolute Gasteiger partial charge is 0.169 e. The Balaban J connectivity index is 2.00. The van der Waals surface area contributed by atoms with Crippen molar-refractivity contribution in [3.63, 3.8) is 0 Å². The van der Waals surface area contributed by atoms with Crippen LogP contribution < -0.4 is 24.8 Å². The van der Waals surface area contributed by atoms with Gasteiger partial charge < -0.3 is 14.2 Å². The van der Waals surface area contributed by atoms with Gasteiger partial charge in [-0.15, -0.1) is 0 Å². The van der Waals surface area contributed by atoms with E-state index >= 15 is 0 Å². The highest BCUT2D eigenvalue weighted by molar-refractivity contribution is 7.56. The van der Waals surface area contributed by atoms with Crippen molar-refractivity contribution in [2.75, 3.05) is 21.3 Å². The molecule has 0 N–H and O–H groups in total. The van der Waals surface area contributed by atoms with E-state index in [4.69, 9.17) is 14.2 Å². The molecule has 150 valence electrons. The fourth-order valence-electron chi connectivity index (χ4n) is 2.86. The molecule has 0 heterocycles. The van der Waals surface area contributed by atoms with Gasteiger partial charge in [-0.05, 0) is 29.1 Å². The van der Waals surface area contributed by atoms with E-state index in [0.717, 1.165) is 21.7 Å². The van der Waals surface area contributed by atoms with Gasteiger partial charge in [-0.3, -0.25) is 4.99 Å². The van der Waals surface area contributed by atoms with E-state index in [-0.39, 0.29) is 14.4 Å². The van der Waals surface area contributed by atoms with Crippen LogP contribution in [0.25, 0.3) is 0 Å². The van der Waals surface area contributed by atoms with Crippen LogP contribution in [0.5, 0.6) is 17.2 Å². The first-order valence-corrected chi connectivity index (χ1v) is 10.1. The molecular formula is C23H23FNO3P. The van der Waals surface area contributed by atoms with Crippen LogP contribution in [0.4, 0.5) is 4.39 Å². The molecule has 1 atom stereocenters. The Labute approximate surface area is 172 Å². The van der Waals surface area contributed by atoms with Gasteiger partial charge in [0.2, 0.25) is 0 Å². The van der Waals surface area contributed by atoms with Crippen LogP contribution in [0.2, 0.25) is 0 Å². The first kappa shape index (κ1) is 20.8. The molecule has 0 radical (unpaired) electrons. The van der Waals surface area contributed by atoms with E-state index in [1.54, 1.807) is 39.6 Å². The third kappa shape index (κ3) is 5.33. The minimum Gasteiger partial charge on any atom is -0.497 e. The maximum Gasteiger partial charge on any atom is 0.169 e. The molecule has 0 fully saturated rings. The van der Waals surface area contributed by atoms with Crippen molar-refractivity contribution < 1.29 is 18.6 Å². The molecule has 0 aliphatic carbocycles. The topological polar surface area (TPSA) is 40.0 Å². The minimum absolute atomic E-state index is 0.204. The summed E-state index contributed by atoms with van der Waals surface area (Å²) in [4.78, 5) is 4.05. The van der Waals surface area contributed by atoms with Crippen molar-refractivity contribution in [3.8, 4) is 17.2 Å². The van der Waals surface area contributed by atoms with Crippen molar-refractivity contribution in [1.82, 2.24) is 0 Å². The van der Waals surface area contributed by atoms with Gasteiger partial charge in [-0.1, -0.05) is 45.0 Å². The molecule has 29 heavy (non-hydrogen) atoms. The Morgan fingerprint density at radius 2 is 1.76 bits per heavy atom. The van der Waals surface area contributed by atoms with E-state index in [0.29, 0.717) is 23.9 Å². The molecule has 0 saturated carbocycles. The summed E-state index contributed by atoms with van der Waals surface area (Å²) in [6, 6.07) is 18.4. The lowest BCUT2D eigenvalue weighted by Gasteiger charge is -2.17. The van der Waals surface area contributed by atoms with Gasteiger partial charge in [0, 0.05) is 30.2 Å². The lowest BCUT2D eigenvalue weighted by Crippen LogP contribution is -2.13. The highest BCUT2D eigenvalue weighted by Crippen LogP contribution is 2.35. The average molecular weight is 411 g/mol. The predicted molar refractivity (Wildman–Crippen MR) is 118 cm³/mol. The molecule has 1 unspecified atom stereocenters. The molecule has 3 rings (SSSR count). The van der Waals surface area contributed by atoms with Crippen molar-refractivity contribution >= 4 is 25.4 Å². The number of nitrogens with zero attached hydrogens (tertiary/aromatic N) is 1. The fourth-order valence-corrected chi connectivity index (χ4v) is 4.12. The first-order valence-electron chi connectivity index (χ1n) is 9.06. The standard InChI is InChI=1S/C23H23FNO3P/c1-25-14-17-11-18(24)9-10-21(17)29-22-13-19(26-2)12-20(27-3)23(22)28-15-16-7-5-4-6-8-16/h4-14,29H,15H2,1-3H3. The van der Waals surface area contributed by atoms with Gasteiger partial charge in [0.15, 0.2) is 11.5 Å². The molecular weight excluding hydrogens is 388 g/mol. The van der Waals surface area contributed by atoms with Gasteiger partial charge in [0.25, 0.3) is 0 Å². The zero-order chi connectivity index (χ0) is 20.6. The Bertz CT molecular complexity index is 993. The second-order valence-corrected chi connectivity index (χ2v) is 7.55. The number of aliphatic imine (C=N–C) groups is 1. The molecule has 0 aromatic heterocycles. The number of rotatable bonds is 8. The van der Waals surface area contributed by atoms with Gasteiger partial charge in [-0.25, -0.2) is 4.39 Å². The molecule has 0 bridgehead atoms. The van der Waals surface area contributed by atoms with Crippen molar-refractivity contribution in [2.24, 2.45) is 4.99 Å². The molecule has 3 aromatic rings. The number of halogens is 1. The van der Waals surface area contributed by atoms with Crippen molar-refractivity contribution in [1.29, 1.82) is 0 Å². The number of benzene rings is 3. The third-order valence-electron chi connectivity index (χ3n) is 4.26. The Morgan fingerprint density at radius 1 is 0.966 bits per heavy atom. The van der Waals surface area contributed by atoms with E-state index in [1.807, 2.05) is 36.4 Å². The summed E-state index contributed by atoms with van der Waals surface area (Å²) in [5, 5.41) is 1.87. The highest BCUT2D eigenvalue weighted by Gasteiger charge is 2.16. The Morgan fingerprint density at radius 3 is 2.45 bits per heavy atom. The molecule has 0 aliphatic rings. The quantitative estimate of drug-likeness (QED) is 0.414. The summed E-state index contributed by atoms with van der Waals surface area (Å²) in [6.45, 7) is 0.410. The average Bonchev–Trinajstić information content (AvgIpc) is 2.75. The molecule has 0 aliphatic heterocycles. The summed E-state index contributed by atoms with van der Waals surface area (Å²) in [6.07, 6.45) is 1.66. The summed E-state index contributed by atoms with van der Waals surface area (Å²) < 4.78 is 30.9. The lowest BCUT2D eigenvalue weighted by atomic mass is 10.2. The second kappa shape index (κ2) is 10.0. The largest absolute Gasteiger partial charge is 0.497 e. The number of methoxy groups -OCH3 is 2. The molecule has 4 nitrogen and oxygen atoms in total. The Kier molecular flexibility index (Phi) is 7.20. The lowest BCUT2D eigenvalue weighted by molar-refractivity contribution is 0.286. The van der Waals surface area contributed by atoms with Crippen LogP contribution >= 0.6 is 8.58 Å². The number of hydrogen-bond acceptors (Lipinski definition) is 4. The van der Waals surface area contributed by atoms with E-state index in [9.17, 15) is 4.39 Å². The summed E-state index contributed by atoms with van der Waals surface area (Å²) in [7, 11) is 5.08.